The van der Waals surface area contributed by atoms with Crippen LogP contribution in [0, 0.1) is 11.3 Å². The third-order valence-corrected chi connectivity index (χ3v) is 6.29. The summed E-state index contributed by atoms with van der Waals surface area (Å²) in [6, 6.07) is 13.6. The van der Waals surface area contributed by atoms with Crippen molar-refractivity contribution < 1.29 is 14.6 Å². The summed E-state index contributed by atoms with van der Waals surface area (Å²) in [5, 5.41) is 33.2. The Hall–Kier alpha value is -3.12. The fourth-order valence-electron chi connectivity index (χ4n) is 4.22. The van der Waals surface area contributed by atoms with E-state index in [0.29, 0.717) is 35.3 Å². The number of benzene rings is 2. The summed E-state index contributed by atoms with van der Waals surface area (Å²) in [6.45, 7) is 2.64. The van der Waals surface area contributed by atoms with Crippen LogP contribution in [0.15, 0.2) is 36.4 Å². The summed E-state index contributed by atoms with van der Waals surface area (Å²) >= 11 is 6.24. The van der Waals surface area contributed by atoms with E-state index in [1.165, 1.54) is 0 Å². The van der Waals surface area contributed by atoms with Crippen LogP contribution in [0.5, 0.6) is 5.75 Å². The van der Waals surface area contributed by atoms with E-state index in [1.54, 1.807) is 7.11 Å². The summed E-state index contributed by atoms with van der Waals surface area (Å²) in [6.07, 6.45) is 2.63. The smallest absolute Gasteiger partial charge is 0.159 e. The van der Waals surface area contributed by atoms with Crippen LogP contribution in [0.25, 0.3) is 10.8 Å². The number of aromatic nitrogens is 2. The van der Waals surface area contributed by atoms with Crippen molar-refractivity contribution in [3.8, 4) is 11.8 Å². The topological polar surface area (TPSA) is 104 Å². The maximum atomic E-state index is 9.43. The number of halogens is 1. The Labute approximate surface area is 204 Å². The number of nitrogens with zero attached hydrogens (tertiary/aromatic N) is 4. The van der Waals surface area contributed by atoms with E-state index in [0.717, 1.165) is 54.5 Å². The number of hydrogen-bond donors (Lipinski definition) is 2. The molecule has 1 saturated heterocycles. The van der Waals surface area contributed by atoms with Gasteiger partial charge in [0.1, 0.15) is 5.75 Å². The quantitative estimate of drug-likeness (QED) is 0.475. The van der Waals surface area contributed by atoms with E-state index in [9.17, 15) is 5.26 Å². The first-order chi connectivity index (χ1) is 16.6. The fraction of sp³-hybridized carbons (Fsp3) is 0.400. The molecule has 2 aromatic carbocycles. The van der Waals surface area contributed by atoms with Gasteiger partial charge in [0, 0.05) is 30.4 Å². The lowest BCUT2D eigenvalue weighted by atomic mass is 10.1. The van der Waals surface area contributed by atoms with Crippen LogP contribution in [0.1, 0.15) is 24.0 Å². The zero-order chi connectivity index (χ0) is 23.9. The molecule has 2 heterocycles. The van der Waals surface area contributed by atoms with Crippen molar-refractivity contribution in [2.45, 2.75) is 25.4 Å². The highest BCUT2D eigenvalue weighted by Gasteiger charge is 2.23. The van der Waals surface area contributed by atoms with Crippen molar-refractivity contribution in [3.63, 3.8) is 0 Å². The van der Waals surface area contributed by atoms with Gasteiger partial charge in [-0.2, -0.15) is 5.26 Å². The summed E-state index contributed by atoms with van der Waals surface area (Å²) in [5.41, 5.74) is 1.66. The van der Waals surface area contributed by atoms with Gasteiger partial charge in [-0.15, -0.1) is 10.2 Å². The first-order valence-corrected chi connectivity index (χ1v) is 11.7. The third kappa shape index (κ3) is 5.50. The van der Waals surface area contributed by atoms with Crippen molar-refractivity contribution in [2.24, 2.45) is 0 Å². The molecule has 8 nitrogen and oxygen atoms in total. The molecular weight excluding hydrogens is 454 g/mol. The molecule has 1 aliphatic rings. The highest BCUT2D eigenvalue weighted by molar-refractivity contribution is 6.32. The number of aliphatic hydroxyl groups excluding tert-OH is 1. The number of piperidine rings is 1. The van der Waals surface area contributed by atoms with Gasteiger partial charge in [-0.05, 0) is 55.2 Å². The van der Waals surface area contributed by atoms with Gasteiger partial charge in [-0.3, -0.25) is 0 Å². The second kappa shape index (κ2) is 11.3. The maximum Gasteiger partial charge on any atom is 0.159 e. The predicted octanol–water partition coefficient (Wildman–Crippen LogP) is 3.80. The van der Waals surface area contributed by atoms with Crippen LogP contribution in [-0.4, -0.2) is 61.4 Å². The number of rotatable bonds is 9. The lowest BCUT2D eigenvalue weighted by Gasteiger charge is -2.33. The molecule has 0 spiro atoms. The Kier molecular flexibility index (Phi) is 8.01. The molecule has 1 aromatic heterocycles. The van der Waals surface area contributed by atoms with Crippen LogP contribution >= 0.6 is 11.6 Å². The molecule has 1 fully saturated rings. The number of methoxy groups -OCH3 is 1. The lowest BCUT2D eigenvalue weighted by molar-refractivity contribution is 0.0158. The van der Waals surface area contributed by atoms with Gasteiger partial charge in [-0.25, -0.2) is 0 Å². The first-order valence-electron chi connectivity index (χ1n) is 11.4. The zero-order valence-electron chi connectivity index (χ0n) is 19.1. The second-order valence-corrected chi connectivity index (χ2v) is 8.58. The molecule has 0 saturated carbocycles. The average molecular weight is 482 g/mol. The van der Waals surface area contributed by atoms with Crippen LogP contribution in [0.3, 0.4) is 0 Å². The van der Waals surface area contributed by atoms with Crippen molar-refractivity contribution in [3.05, 3.63) is 52.5 Å². The van der Waals surface area contributed by atoms with Crippen molar-refractivity contribution in [2.75, 3.05) is 50.2 Å². The molecule has 0 atom stereocenters. The molecule has 2 N–H and O–H groups in total. The number of ether oxygens (including phenoxy) is 2. The maximum absolute atomic E-state index is 9.43. The number of aliphatic hydroxyl groups is 1. The largest absolute Gasteiger partial charge is 0.495 e. The summed E-state index contributed by atoms with van der Waals surface area (Å²) in [7, 11) is 1.60. The number of anilines is 2. The highest BCUT2D eigenvalue weighted by atomic mass is 35.5. The van der Waals surface area contributed by atoms with Crippen molar-refractivity contribution in [1.29, 1.82) is 5.26 Å². The fourth-order valence-corrected chi connectivity index (χ4v) is 4.50. The number of nitriles is 1. The van der Waals surface area contributed by atoms with Gasteiger partial charge >= 0.3 is 0 Å². The van der Waals surface area contributed by atoms with Gasteiger partial charge in [0.05, 0.1) is 43.1 Å². The van der Waals surface area contributed by atoms with E-state index >= 15 is 0 Å². The van der Waals surface area contributed by atoms with Crippen LogP contribution in [0.2, 0.25) is 5.02 Å². The first kappa shape index (κ1) is 24.0. The normalized spacial score (nSPS) is 14.2. The average Bonchev–Trinajstić information content (AvgIpc) is 2.87. The minimum absolute atomic E-state index is 0.0392. The molecule has 9 heteroatoms. The van der Waals surface area contributed by atoms with Crippen LogP contribution in [-0.2, 0) is 11.2 Å². The number of fused-ring (bicyclic) bond motifs is 1. The van der Waals surface area contributed by atoms with E-state index in [4.69, 9.17) is 26.2 Å². The molecule has 0 aliphatic carbocycles. The minimum Gasteiger partial charge on any atom is -0.495 e. The molecule has 34 heavy (non-hydrogen) atoms. The van der Waals surface area contributed by atoms with Gasteiger partial charge < -0.3 is 24.8 Å². The van der Waals surface area contributed by atoms with E-state index in [1.807, 2.05) is 36.4 Å². The van der Waals surface area contributed by atoms with Crippen molar-refractivity contribution >= 4 is 34.0 Å². The minimum atomic E-state index is 0.0392. The molecule has 0 bridgehead atoms. The standard InChI is InChI=1S/C25H28ClN5O3/c1-33-23-5-3-17(15-22(23)26)6-9-28-24-21-14-18(16-27)2-4-20(21)25(30-29-24)31-10-7-19(8-11-31)34-13-12-32/h2-5,14-15,19,32H,6-13H2,1H3,(H,28,29). The van der Waals surface area contributed by atoms with Gasteiger partial charge in [0.2, 0.25) is 0 Å². The Morgan fingerprint density at radius 2 is 2.00 bits per heavy atom. The Bertz CT molecular complexity index is 1180. The van der Waals surface area contributed by atoms with Gasteiger partial charge in [0.15, 0.2) is 11.6 Å². The lowest BCUT2D eigenvalue weighted by Crippen LogP contribution is -2.38. The highest BCUT2D eigenvalue weighted by Crippen LogP contribution is 2.31. The van der Waals surface area contributed by atoms with Crippen molar-refractivity contribution in [1.82, 2.24) is 10.2 Å². The molecule has 0 radical (unpaired) electrons. The zero-order valence-corrected chi connectivity index (χ0v) is 19.9. The molecule has 4 rings (SSSR count). The molecule has 178 valence electrons. The monoisotopic (exact) mass is 481 g/mol. The number of hydrogen-bond acceptors (Lipinski definition) is 8. The summed E-state index contributed by atoms with van der Waals surface area (Å²) in [4.78, 5) is 2.21. The molecule has 0 unspecified atom stereocenters. The Morgan fingerprint density at radius 1 is 1.18 bits per heavy atom. The Morgan fingerprint density at radius 3 is 2.71 bits per heavy atom. The van der Waals surface area contributed by atoms with E-state index in [2.05, 4.69) is 26.5 Å². The number of nitrogens with one attached hydrogen (secondary N) is 1. The molecule has 3 aromatic rings. The predicted molar refractivity (Wildman–Crippen MR) is 133 cm³/mol. The third-order valence-electron chi connectivity index (χ3n) is 6.00. The second-order valence-electron chi connectivity index (χ2n) is 8.17. The van der Waals surface area contributed by atoms with Gasteiger partial charge in [0.25, 0.3) is 0 Å². The van der Waals surface area contributed by atoms with Crippen LogP contribution < -0.4 is 15.0 Å². The molecule has 0 amide bonds. The SMILES string of the molecule is COc1ccc(CCNc2nnc(N3CCC(OCCO)CC3)c3ccc(C#N)cc23)cc1Cl. The Balaban J connectivity index is 1.51. The van der Waals surface area contributed by atoms with Crippen LogP contribution in [0.4, 0.5) is 11.6 Å². The van der Waals surface area contributed by atoms with E-state index < -0.39 is 0 Å². The summed E-state index contributed by atoms with van der Waals surface area (Å²) < 4.78 is 10.9. The van der Waals surface area contributed by atoms with E-state index in [-0.39, 0.29) is 12.7 Å². The van der Waals surface area contributed by atoms with Gasteiger partial charge in [-0.1, -0.05) is 17.7 Å². The summed E-state index contributed by atoms with van der Waals surface area (Å²) in [5.74, 6) is 2.11. The molecule has 1 aliphatic heterocycles. The molecular formula is C25H28ClN5O3.